The fraction of sp³-hybridized carbons (Fsp3) is 0.800. The quantitative estimate of drug-likeness (QED) is 0.382. The van der Waals surface area contributed by atoms with E-state index in [9.17, 15) is 4.79 Å². The SMILES string of the molecule is CCCCOC(=O)OSCl. The smallest absolute Gasteiger partial charge is 0.434 e. The molecule has 0 amide bonds. The summed E-state index contributed by atoms with van der Waals surface area (Å²) in [5.74, 6) is 0. The van der Waals surface area contributed by atoms with Crippen molar-refractivity contribution in [3.63, 3.8) is 0 Å². The topological polar surface area (TPSA) is 35.5 Å². The molecule has 0 aromatic heterocycles. The summed E-state index contributed by atoms with van der Waals surface area (Å²) in [6.07, 6.45) is 1.11. The molecule has 0 spiro atoms. The first-order valence-corrected chi connectivity index (χ1v) is 4.50. The van der Waals surface area contributed by atoms with Crippen molar-refractivity contribution in [2.75, 3.05) is 6.61 Å². The zero-order valence-corrected chi connectivity index (χ0v) is 7.20. The van der Waals surface area contributed by atoms with Gasteiger partial charge in [-0.1, -0.05) is 13.3 Å². The Kier molecular flexibility index (Phi) is 6.96. The minimum atomic E-state index is -0.728. The molecule has 0 aromatic rings. The van der Waals surface area contributed by atoms with Gasteiger partial charge < -0.3 is 8.92 Å². The summed E-state index contributed by atoms with van der Waals surface area (Å²) in [4.78, 5) is 10.4. The van der Waals surface area contributed by atoms with Gasteiger partial charge in [0.2, 0.25) is 0 Å². The second kappa shape index (κ2) is 7.02. The second-order valence-corrected chi connectivity index (χ2v) is 2.27. The van der Waals surface area contributed by atoms with Crippen LogP contribution in [0.4, 0.5) is 4.79 Å². The van der Waals surface area contributed by atoms with Crippen LogP contribution in [0.5, 0.6) is 0 Å². The first-order valence-electron chi connectivity index (χ1n) is 2.93. The molecule has 0 aliphatic carbocycles. The third kappa shape index (κ3) is 6.04. The van der Waals surface area contributed by atoms with Crippen LogP contribution in [0.1, 0.15) is 19.8 Å². The fourth-order valence-electron chi connectivity index (χ4n) is 0.350. The van der Waals surface area contributed by atoms with Crippen molar-refractivity contribution >= 4 is 28.1 Å². The van der Waals surface area contributed by atoms with Crippen LogP contribution in [0.2, 0.25) is 0 Å². The summed E-state index contributed by atoms with van der Waals surface area (Å²) in [6.45, 7) is 2.40. The zero-order chi connectivity index (χ0) is 7.82. The fourth-order valence-corrected chi connectivity index (χ4v) is 0.603. The van der Waals surface area contributed by atoms with Gasteiger partial charge in [-0.15, -0.1) is 0 Å². The van der Waals surface area contributed by atoms with Crippen LogP contribution in [0, 0.1) is 0 Å². The number of hydrogen-bond donors (Lipinski definition) is 0. The molecule has 0 aliphatic heterocycles. The van der Waals surface area contributed by atoms with Gasteiger partial charge in [0.25, 0.3) is 0 Å². The first kappa shape index (κ1) is 9.91. The molecule has 0 aromatic carbocycles. The lowest BCUT2D eigenvalue weighted by molar-refractivity contribution is 0.105. The van der Waals surface area contributed by atoms with Gasteiger partial charge in [0.05, 0.1) is 6.61 Å². The van der Waals surface area contributed by atoms with Crippen LogP contribution < -0.4 is 0 Å². The molecular formula is C5H9ClO3S. The molecule has 0 atom stereocenters. The molecule has 60 valence electrons. The summed E-state index contributed by atoms with van der Waals surface area (Å²) in [5.41, 5.74) is 0. The van der Waals surface area contributed by atoms with E-state index in [4.69, 9.17) is 10.7 Å². The van der Waals surface area contributed by atoms with E-state index in [2.05, 4.69) is 8.92 Å². The van der Waals surface area contributed by atoms with E-state index < -0.39 is 6.16 Å². The Morgan fingerprint density at radius 2 is 2.40 bits per heavy atom. The Balaban J connectivity index is 3.05. The monoisotopic (exact) mass is 184 g/mol. The Bertz CT molecular complexity index is 98.9. The number of hydrogen-bond acceptors (Lipinski definition) is 4. The van der Waals surface area contributed by atoms with E-state index in [0.29, 0.717) is 17.9 Å². The third-order valence-electron chi connectivity index (χ3n) is 0.817. The third-order valence-corrected chi connectivity index (χ3v) is 1.21. The molecule has 5 heteroatoms. The van der Waals surface area contributed by atoms with Gasteiger partial charge in [-0.05, 0) is 6.42 Å². The van der Waals surface area contributed by atoms with Crippen molar-refractivity contribution in [3.8, 4) is 0 Å². The van der Waals surface area contributed by atoms with Gasteiger partial charge in [-0.3, -0.25) is 0 Å². The van der Waals surface area contributed by atoms with Crippen LogP contribution in [0.25, 0.3) is 0 Å². The van der Waals surface area contributed by atoms with Crippen molar-refractivity contribution in [1.29, 1.82) is 0 Å². The predicted octanol–water partition coefficient (Wildman–Crippen LogP) is 2.74. The van der Waals surface area contributed by atoms with Crippen LogP contribution in [-0.2, 0) is 8.92 Å². The minimum Gasteiger partial charge on any atom is -0.434 e. The molecular weight excluding hydrogens is 176 g/mol. The molecule has 0 unspecified atom stereocenters. The van der Waals surface area contributed by atoms with Gasteiger partial charge in [-0.2, -0.15) is 0 Å². The molecule has 0 fully saturated rings. The van der Waals surface area contributed by atoms with Crippen molar-refractivity contribution in [1.82, 2.24) is 0 Å². The minimum absolute atomic E-state index is 0.396. The molecule has 0 bridgehead atoms. The van der Waals surface area contributed by atoms with Gasteiger partial charge in [0.15, 0.2) is 11.3 Å². The Hall–Kier alpha value is -0.0900. The lowest BCUT2D eigenvalue weighted by Crippen LogP contribution is -2.03. The summed E-state index contributed by atoms with van der Waals surface area (Å²) < 4.78 is 8.77. The number of unbranched alkanes of at least 4 members (excludes halogenated alkanes) is 1. The number of rotatable bonds is 4. The normalized spacial score (nSPS) is 9.00. The molecule has 0 aliphatic rings. The second-order valence-electron chi connectivity index (χ2n) is 1.60. The van der Waals surface area contributed by atoms with Crippen LogP contribution >= 0.6 is 21.9 Å². The van der Waals surface area contributed by atoms with Crippen LogP contribution in [0.3, 0.4) is 0 Å². The standard InChI is InChI=1S/C5H9ClO3S/c1-2-3-4-8-5(7)9-10-6/h2-4H2,1H3. The Labute approximate surface area is 68.7 Å². The van der Waals surface area contributed by atoms with Gasteiger partial charge in [0.1, 0.15) is 0 Å². The van der Waals surface area contributed by atoms with E-state index >= 15 is 0 Å². The lowest BCUT2D eigenvalue weighted by atomic mass is 10.4. The maximum Gasteiger partial charge on any atom is 0.521 e. The van der Waals surface area contributed by atoms with Crippen LogP contribution in [-0.4, -0.2) is 12.8 Å². The van der Waals surface area contributed by atoms with Gasteiger partial charge in [-0.25, -0.2) is 4.79 Å². The highest BCUT2D eigenvalue weighted by Gasteiger charge is 2.01. The molecule has 0 heterocycles. The lowest BCUT2D eigenvalue weighted by Gasteiger charge is -1.99. The number of halogens is 1. The van der Waals surface area contributed by atoms with E-state index in [-0.39, 0.29) is 0 Å². The molecule has 0 radical (unpaired) electrons. The Morgan fingerprint density at radius 3 is 2.90 bits per heavy atom. The van der Waals surface area contributed by atoms with Gasteiger partial charge in [0, 0.05) is 10.7 Å². The average molecular weight is 185 g/mol. The largest absolute Gasteiger partial charge is 0.521 e. The molecule has 10 heavy (non-hydrogen) atoms. The highest BCUT2D eigenvalue weighted by Crippen LogP contribution is 2.08. The average Bonchev–Trinajstić information content (AvgIpc) is 1.89. The first-order chi connectivity index (χ1) is 4.81. The molecule has 3 nitrogen and oxygen atoms in total. The van der Waals surface area contributed by atoms with Gasteiger partial charge >= 0.3 is 6.16 Å². The maximum absolute atomic E-state index is 10.4. The molecule has 0 saturated carbocycles. The Morgan fingerprint density at radius 1 is 1.70 bits per heavy atom. The summed E-state index contributed by atoms with van der Waals surface area (Å²) in [5, 5.41) is 0. The zero-order valence-electron chi connectivity index (χ0n) is 5.63. The van der Waals surface area contributed by atoms with E-state index in [1.54, 1.807) is 0 Å². The van der Waals surface area contributed by atoms with Crippen molar-refractivity contribution in [2.24, 2.45) is 0 Å². The highest BCUT2D eigenvalue weighted by atomic mass is 35.7. The van der Waals surface area contributed by atoms with Crippen molar-refractivity contribution in [3.05, 3.63) is 0 Å². The summed E-state index contributed by atoms with van der Waals surface area (Å²) >= 11 is 0.465. The van der Waals surface area contributed by atoms with Crippen molar-refractivity contribution < 1.29 is 13.7 Å². The highest BCUT2D eigenvalue weighted by molar-refractivity contribution is 8.17. The van der Waals surface area contributed by atoms with E-state index in [1.807, 2.05) is 6.92 Å². The summed E-state index contributed by atoms with van der Waals surface area (Å²) in [6, 6.07) is 0. The number of carbonyl (C=O) groups excluding carboxylic acids is 1. The predicted molar refractivity (Wildman–Crippen MR) is 40.8 cm³/mol. The summed E-state index contributed by atoms with van der Waals surface area (Å²) in [7, 11) is 5.00. The molecule has 0 rings (SSSR count). The van der Waals surface area contributed by atoms with E-state index in [0.717, 1.165) is 12.8 Å². The molecule has 0 N–H and O–H groups in total. The van der Waals surface area contributed by atoms with Crippen LogP contribution in [0.15, 0.2) is 0 Å². The number of carbonyl (C=O) groups is 1. The molecule has 0 saturated heterocycles. The van der Waals surface area contributed by atoms with E-state index in [1.165, 1.54) is 0 Å². The number of ether oxygens (including phenoxy) is 1. The van der Waals surface area contributed by atoms with Crippen molar-refractivity contribution in [2.45, 2.75) is 19.8 Å². The maximum atomic E-state index is 10.4.